The van der Waals surface area contributed by atoms with Crippen LogP contribution in [0.5, 0.6) is 0 Å². The van der Waals surface area contributed by atoms with Crippen molar-refractivity contribution in [2.45, 2.75) is 47.6 Å². The van der Waals surface area contributed by atoms with Crippen molar-refractivity contribution in [2.75, 3.05) is 7.05 Å². The molecular weight excluding hydrogens is 218 g/mol. The number of carbonyl (C=O) groups is 2. The maximum Gasteiger partial charge on any atom is 0.307 e. The van der Waals surface area contributed by atoms with E-state index in [4.69, 9.17) is 5.11 Å². The van der Waals surface area contributed by atoms with Crippen molar-refractivity contribution in [3.63, 3.8) is 0 Å². The highest BCUT2D eigenvalue weighted by molar-refractivity contribution is 5.84. The van der Waals surface area contributed by atoms with Crippen LogP contribution in [0.1, 0.15) is 41.5 Å². The summed E-state index contributed by atoms with van der Waals surface area (Å²) in [6.45, 7) is 11.4. The number of hydrogen-bond donors (Lipinski definition) is 1. The predicted molar refractivity (Wildman–Crippen MR) is 67.7 cm³/mol. The Labute approximate surface area is 104 Å². The number of aliphatic carboxylic acids is 1. The summed E-state index contributed by atoms with van der Waals surface area (Å²) < 4.78 is 0. The van der Waals surface area contributed by atoms with E-state index in [1.54, 1.807) is 25.8 Å². The summed E-state index contributed by atoms with van der Waals surface area (Å²) in [7, 11) is 1.74. The minimum atomic E-state index is -0.928. The lowest BCUT2D eigenvalue weighted by Crippen LogP contribution is -2.46. The van der Waals surface area contributed by atoms with Gasteiger partial charge in [-0.1, -0.05) is 34.6 Å². The molecule has 0 saturated heterocycles. The van der Waals surface area contributed by atoms with Gasteiger partial charge in [-0.25, -0.2) is 0 Å². The van der Waals surface area contributed by atoms with E-state index in [9.17, 15) is 9.59 Å². The minimum absolute atomic E-state index is 0.0173. The monoisotopic (exact) mass is 243 g/mol. The molecule has 0 aliphatic heterocycles. The van der Waals surface area contributed by atoms with Gasteiger partial charge in [0.25, 0.3) is 0 Å². The van der Waals surface area contributed by atoms with Crippen molar-refractivity contribution in [3.05, 3.63) is 0 Å². The van der Waals surface area contributed by atoms with Gasteiger partial charge in [0.15, 0.2) is 0 Å². The molecule has 4 heteroatoms. The molecule has 0 saturated carbocycles. The summed E-state index contributed by atoms with van der Waals surface area (Å²) in [5, 5.41) is 8.91. The van der Waals surface area contributed by atoms with Gasteiger partial charge in [0.1, 0.15) is 0 Å². The van der Waals surface area contributed by atoms with E-state index in [2.05, 4.69) is 20.8 Å². The number of amides is 1. The quantitative estimate of drug-likeness (QED) is 0.823. The van der Waals surface area contributed by atoms with Gasteiger partial charge < -0.3 is 10.0 Å². The summed E-state index contributed by atoms with van der Waals surface area (Å²) in [4.78, 5) is 24.7. The molecule has 1 N–H and O–H groups in total. The van der Waals surface area contributed by atoms with Crippen molar-refractivity contribution >= 4 is 11.9 Å². The van der Waals surface area contributed by atoms with E-state index in [1.165, 1.54) is 0 Å². The Kier molecular flexibility index (Phi) is 5.17. The molecule has 0 aliphatic rings. The van der Waals surface area contributed by atoms with Crippen LogP contribution >= 0.6 is 0 Å². The summed E-state index contributed by atoms with van der Waals surface area (Å²) in [6, 6.07) is 0.0680. The van der Waals surface area contributed by atoms with E-state index in [0.29, 0.717) is 0 Å². The van der Waals surface area contributed by atoms with Crippen LogP contribution in [0.25, 0.3) is 0 Å². The van der Waals surface area contributed by atoms with Gasteiger partial charge in [0.2, 0.25) is 5.91 Å². The molecule has 1 amide bonds. The summed E-state index contributed by atoms with van der Waals surface area (Å²) in [6.07, 6.45) is 0. The summed E-state index contributed by atoms with van der Waals surface area (Å²) in [5.41, 5.74) is -0.0173. The number of carbonyl (C=O) groups excluding carboxylic acids is 1. The van der Waals surface area contributed by atoms with Crippen LogP contribution in [0.15, 0.2) is 0 Å². The molecular formula is C13H25NO3. The van der Waals surface area contributed by atoms with Gasteiger partial charge >= 0.3 is 5.97 Å². The molecule has 0 fully saturated rings. The Morgan fingerprint density at radius 2 is 1.47 bits per heavy atom. The molecule has 0 spiro atoms. The SMILES string of the molecule is CC(C(=O)O)C(C)C(=O)N(C)C(C)C(C)(C)C. The maximum absolute atomic E-state index is 12.1. The summed E-state index contributed by atoms with van der Waals surface area (Å²) in [5.74, 6) is -2.19. The zero-order valence-electron chi connectivity index (χ0n) is 11.9. The fraction of sp³-hybridized carbons (Fsp3) is 0.846. The van der Waals surface area contributed by atoms with E-state index < -0.39 is 17.8 Å². The van der Waals surface area contributed by atoms with Crippen molar-refractivity contribution < 1.29 is 14.7 Å². The second-order valence-electron chi connectivity index (χ2n) is 5.91. The van der Waals surface area contributed by atoms with Crippen molar-refractivity contribution in [1.29, 1.82) is 0 Å². The van der Waals surface area contributed by atoms with Crippen molar-refractivity contribution in [1.82, 2.24) is 4.90 Å². The molecule has 0 bridgehead atoms. The van der Waals surface area contributed by atoms with Gasteiger partial charge in [0.05, 0.1) is 5.92 Å². The Bertz CT molecular complexity index is 294. The van der Waals surface area contributed by atoms with Crippen molar-refractivity contribution in [2.24, 2.45) is 17.3 Å². The van der Waals surface area contributed by atoms with E-state index in [0.717, 1.165) is 0 Å². The number of nitrogens with zero attached hydrogens (tertiary/aromatic N) is 1. The maximum atomic E-state index is 12.1. The third-order valence-electron chi connectivity index (χ3n) is 3.71. The van der Waals surface area contributed by atoms with Crippen LogP contribution in [-0.2, 0) is 9.59 Å². The third kappa shape index (κ3) is 4.02. The Hall–Kier alpha value is -1.06. The largest absolute Gasteiger partial charge is 0.481 e. The lowest BCUT2D eigenvalue weighted by Gasteiger charge is -2.37. The van der Waals surface area contributed by atoms with Gasteiger partial charge in [-0.2, -0.15) is 0 Å². The molecule has 0 aromatic carbocycles. The second-order valence-corrected chi connectivity index (χ2v) is 5.91. The first-order chi connectivity index (χ1) is 7.50. The number of hydrogen-bond acceptors (Lipinski definition) is 2. The third-order valence-corrected chi connectivity index (χ3v) is 3.71. The molecule has 17 heavy (non-hydrogen) atoms. The smallest absolute Gasteiger partial charge is 0.307 e. The molecule has 0 heterocycles. The second kappa shape index (κ2) is 5.52. The Morgan fingerprint density at radius 1 is 1.06 bits per heavy atom. The highest BCUT2D eigenvalue weighted by Gasteiger charge is 2.33. The molecule has 100 valence electrons. The first kappa shape index (κ1) is 15.9. The van der Waals surface area contributed by atoms with E-state index in [1.807, 2.05) is 6.92 Å². The Morgan fingerprint density at radius 3 is 1.76 bits per heavy atom. The molecule has 4 nitrogen and oxygen atoms in total. The van der Waals surface area contributed by atoms with Crippen LogP contribution in [0, 0.1) is 17.3 Å². The topological polar surface area (TPSA) is 57.6 Å². The number of rotatable bonds is 4. The predicted octanol–water partition coefficient (Wildman–Crippen LogP) is 2.24. The van der Waals surface area contributed by atoms with Crippen LogP contribution < -0.4 is 0 Å². The average Bonchev–Trinajstić information content (AvgIpc) is 2.22. The average molecular weight is 243 g/mol. The first-order valence-corrected chi connectivity index (χ1v) is 5.99. The molecule has 0 radical (unpaired) electrons. The van der Waals surface area contributed by atoms with Gasteiger partial charge in [-0.15, -0.1) is 0 Å². The normalized spacial score (nSPS) is 17.1. The van der Waals surface area contributed by atoms with E-state index >= 15 is 0 Å². The lowest BCUT2D eigenvalue weighted by atomic mass is 9.85. The summed E-state index contributed by atoms with van der Waals surface area (Å²) >= 11 is 0. The molecule has 3 atom stereocenters. The number of carboxylic acids is 1. The fourth-order valence-corrected chi connectivity index (χ4v) is 1.52. The Balaban J connectivity index is 4.77. The van der Waals surface area contributed by atoms with Gasteiger partial charge in [0, 0.05) is 19.0 Å². The molecule has 0 aliphatic carbocycles. The molecule has 0 aromatic heterocycles. The van der Waals surface area contributed by atoms with Gasteiger partial charge in [-0.05, 0) is 12.3 Å². The fourth-order valence-electron chi connectivity index (χ4n) is 1.52. The van der Waals surface area contributed by atoms with Crippen LogP contribution in [0.4, 0.5) is 0 Å². The molecule has 3 unspecified atom stereocenters. The highest BCUT2D eigenvalue weighted by atomic mass is 16.4. The lowest BCUT2D eigenvalue weighted by molar-refractivity contribution is -0.150. The van der Waals surface area contributed by atoms with Crippen molar-refractivity contribution in [3.8, 4) is 0 Å². The van der Waals surface area contributed by atoms with E-state index in [-0.39, 0.29) is 17.4 Å². The minimum Gasteiger partial charge on any atom is -0.481 e. The van der Waals surface area contributed by atoms with Gasteiger partial charge in [-0.3, -0.25) is 9.59 Å². The first-order valence-electron chi connectivity index (χ1n) is 5.99. The zero-order valence-corrected chi connectivity index (χ0v) is 11.9. The number of carboxylic acid groups (broad SMARTS) is 1. The molecule has 0 aromatic rings. The highest BCUT2D eigenvalue weighted by Crippen LogP contribution is 2.25. The van der Waals surface area contributed by atoms with Crippen LogP contribution in [0.3, 0.4) is 0 Å². The zero-order chi connectivity index (χ0) is 14.0. The van der Waals surface area contributed by atoms with Crippen LogP contribution in [0.2, 0.25) is 0 Å². The van der Waals surface area contributed by atoms with Crippen LogP contribution in [-0.4, -0.2) is 35.0 Å². The standard InChI is InChI=1S/C13H25NO3/c1-8(9(2)12(16)17)11(15)14(7)10(3)13(4,5)6/h8-10H,1-7H3,(H,16,17). The molecule has 0 rings (SSSR count).